The Morgan fingerprint density at radius 2 is 1.87 bits per heavy atom. The standard InChI is InChI=1S/C8H14O7/c9-1-2-14-8-7(13)6(12)5(11)4(3-10)15-8/h1,4-8,10-13H,2-3H2/t4-,5+,6+,7-,8+/m1/s1. The molecule has 1 fully saturated rings. The first-order chi connectivity index (χ1) is 7.11. The van der Waals surface area contributed by atoms with Crippen LogP contribution in [0.1, 0.15) is 0 Å². The second-order valence-corrected chi connectivity index (χ2v) is 3.20. The fraction of sp³-hybridized carbons (Fsp3) is 0.875. The fourth-order valence-electron chi connectivity index (χ4n) is 1.34. The van der Waals surface area contributed by atoms with E-state index < -0.39 is 37.3 Å². The van der Waals surface area contributed by atoms with Crippen LogP contribution in [0.3, 0.4) is 0 Å². The maximum absolute atomic E-state index is 10.0. The van der Waals surface area contributed by atoms with Gasteiger partial charge in [-0.25, -0.2) is 0 Å². The summed E-state index contributed by atoms with van der Waals surface area (Å²) in [5.74, 6) is 0. The predicted octanol–water partition coefficient (Wildman–Crippen LogP) is -3.00. The maximum Gasteiger partial charge on any atom is 0.187 e. The molecule has 0 aromatic rings. The van der Waals surface area contributed by atoms with Crippen LogP contribution in [0, 0.1) is 0 Å². The molecule has 0 radical (unpaired) electrons. The summed E-state index contributed by atoms with van der Waals surface area (Å²) in [7, 11) is 0. The molecule has 0 bridgehead atoms. The molecule has 7 nitrogen and oxygen atoms in total. The molecule has 1 rings (SSSR count). The summed E-state index contributed by atoms with van der Waals surface area (Å²) in [5, 5.41) is 36.9. The highest BCUT2D eigenvalue weighted by atomic mass is 16.7. The smallest absolute Gasteiger partial charge is 0.187 e. The van der Waals surface area contributed by atoms with E-state index in [1.54, 1.807) is 0 Å². The van der Waals surface area contributed by atoms with Crippen LogP contribution in [-0.2, 0) is 14.3 Å². The lowest BCUT2D eigenvalue weighted by molar-refractivity contribution is -0.298. The van der Waals surface area contributed by atoms with Gasteiger partial charge in [-0.05, 0) is 0 Å². The number of hydrogen-bond acceptors (Lipinski definition) is 7. The average molecular weight is 222 g/mol. The summed E-state index contributed by atoms with van der Waals surface area (Å²) in [5.41, 5.74) is 0. The molecule has 0 amide bonds. The molecule has 5 atom stereocenters. The quantitative estimate of drug-likeness (QED) is 0.374. The van der Waals surface area contributed by atoms with Crippen molar-refractivity contribution in [1.82, 2.24) is 0 Å². The second kappa shape index (κ2) is 5.50. The number of rotatable bonds is 4. The van der Waals surface area contributed by atoms with Crippen molar-refractivity contribution >= 4 is 6.29 Å². The molecule has 15 heavy (non-hydrogen) atoms. The molecule has 1 heterocycles. The number of aliphatic hydroxyl groups is 4. The average Bonchev–Trinajstić information content (AvgIpc) is 2.25. The third-order valence-corrected chi connectivity index (χ3v) is 2.18. The van der Waals surface area contributed by atoms with E-state index in [9.17, 15) is 20.1 Å². The molecule has 4 N–H and O–H groups in total. The highest BCUT2D eigenvalue weighted by Gasteiger charge is 2.43. The number of aliphatic hydroxyl groups excluding tert-OH is 4. The summed E-state index contributed by atoms with van der Waals surface area (Å²) in [6.07, 6.45) is -6.14. The second-order valence-electron chi connectivity index (χ2n) is 3.20. The lowest BCUT2D eigenvalue weighted by atomic mass is 9.99. The molecule has 0 saturated carbocycles. The lowest BCUT2D eigenvalue weighted by Crippen LogP contribution is -2.59. The van der Waals surface area contributed by atoms with Gasteiger partial charge in [0.05, 0.1) is 6.61 Å². The van der Waals surface area contributed by atoms with Crippen LogP contribution in [0.2, 0.25) is 0 Å². The van der Waals surface area contributed by atoms with Crippen molar-refractivity contribution in [2.75, 3.05) is 13.2 Å². The zero-order valence-corrected chi connectivity index (χ0v) is 7.89. The first kappa shape index (κ1) is 12.5. The summed E-state index contributed by atoms with van der Waals surface area (Å²) in [4.78, 5) is 10.0. The lowest BCUT2D eigenvalue weighted by Gasteiger charge is -2.39. The van der Waals surface area contributed by atoms with Crippen LogP contribution >= 0.6 is 0 Å². The Morgan fingerprint density at radius 1 is 1.20 bits per heavy atom. The van der Waals surface area contributed by atoms with Crippen LogP contribution in [0.4, 0.5) is 0 Å². The van der Waals surface area contributed by atoms with Crippen molar-refractivity contribution < 1.29 is 34.7 Å². The molecule has 1 saturated heterocycles. The number of hydrogen-bond donors (Lipinski definition) is 4. The highest BCUT2D eigenvalue weighted by Crippen LogP contribution is 2.21. The third kappa shape index (κ3) is 2.71. The Hall–Kier alpha value is -0.570. The van der Waals surface area contributed by atoms with Gasteiger partial charge in [-0.3, -0.25) is 0 Å². The first-order valence-corrected chi connectivity index (χ1v) is 4.47. The van der Waals surface area contributed by atoms with E-state index in [1.165, 1.54) is 0 Å². The van der Waals surface area contributed by atoms with Crippen molar-refractivity contribution in [3.05, 3.63) is 0 Å². The highest BCUT2D eigenvalue weighted by molar-refractivity contribution is 5.50. The van der Waals surface area contributed by atoms with Crippen molar-refractivity contribution in [3.8, 4) is 0 Å². The molecule has 0 spiro atoms. The first-order valence-electron chi connectivity index (χ1n) is 4.47. The van der Waals surface area contributed by atoms with Gasteiger partial charge in [0.15, 0.2) is 6.29 Å². The van der Waals surface area contributed by atoms with Crippen molar-refractivity contribution in [2.24, 2.45) is 0 Å². The molecule has 0 unspecified atom stereocenters. The zero-order chi connectivity index (χ0) is 11.4. The summed E-state index contributed by atoms with van der Waals surface area (Å²) >= 11 is 0. The predicted molar refractivity (Wildman–Crippen MR) is 45.8 cm³/mol. The van der Waals surface area contributed by atoms with Gasteiger partial charge in [0, 0.05) is 0 Å². The van der Waals surface area contributed by atoms with Gasteiger partial charge in [0.1, 0.15) is 37.3 Å². The maximum atomic E-state index is 10.0. The fourth-order valence-corrected chi connectivity index (χ4v) is 1.34. The van der Waals surface area contributed by atoms with Crippen LogP contribution in [0.15, 0.2) is 0 Å². The topological polar surface area (TPSA) is 116 Å². The van der Waals surface area contributed by atoms with Gasteiger partial charge in [-0.2, -0.15) is 0 Å². The number of aldehydes is 1. The molecule has 0 aromatic carbocycles. The van der Waals surface area contributed by atoms with Crippen molar-refractivity contribution in [3.63, 3.8) is 0 Å². The summed E-state index contributed by atoms with van der Waals surface area (Å²) in [6, 6.07) is 0. The van der Waals surface area contributed by atoms with E-state index in [4.69, 9.17) is 14.6 Å². The Labute approximate surface area is 85.9 Å². The van der Waals surface area contributed by atoms with Gasteiger partial charge in [0.25, 0.3) is 0 Å². The van der Waals surface area contributed by atoms with Crippen LogP contribution in [0.25, 0.3) is 0 Å². The van der Waals surface area contributed by atoms with Crippen molar-refractivity contribution in [1.29, 1.82) is 0 Å². The molecule has 1 aliphatic heterocycles. The van der Waals surface area contributed by atoms with Crippen LogP contribution in [-0.4, -0.2) is 70.6 Å². The third-order valence-electron chi connectivity index (χ3n) is 2.18. The van der Waals surface area contributed by atoms with E-state index in [1.807, 2.05) is 0 Å². The number of ether oxygens (including phenoxy) is 2. The zero-order valence-electron chi connectivity index (χ0n) is 7.89. The largest absolute Gasteiger partial charge is 0.394 e. The monoisotopic (exact) mass is 222 g/mol. The minimum atomic E-state index is -1.48. The molecule has 7 heteroatoms. The van der Waals surface area contributed by atoms with E-state index in [2.05, 4.69) is 0 Å². The van der Waals surface area contributed by atoms with Crippen molar-refractivity contribution in [2.45, 2.75) is 30.7 Å². The normalized spacial score (nSPS) is 41.5. The van der Waals surface area contributed by atoms with E-state index >= 15 is 0 Å². The van der Waals surface area contributed by atoms with Gasteiger partial charge in [-0.15, -0.1) is 0 Å². The van der Waals surface area contributed by atoms with E-state index in [0.717, 1.165) is 0 Å². The molecule has 88 valence electrons. The SMILES string of the molecule is O=CCO[C@H]1O[C@H](CO)[C@H](O)[C@H](O)[C@H]1O. The molecular weight excluding hydrogens is 208 g/mol. The molecular formula is C8H14O7. The Bertz CT molecular complexity index is 207. The number of carbonyl (C=O) groups is 1. The Kier molecular flexibility index (Phi) is 4.58. The van der Waals surface area contributed by atoms with E-state index in [-0.39, 0.29) is 6.61 Å². The molecule has 1 aliphatic rings. The Morgan fingerprint density at radius 3 is 2.40 bits per heavy atom. The minimum Gasteiger partial charge on any atom is -0.394 e. The summed E-state index contributed by atoms with van der Waals surface area (Å²) < 4.78 is 9.71. The molecule has 0 aromatic heterocycles. The van der Waals surface area contributed by atoms with E-state index in [0.29, 0.717) is 6.29 Å². The van der Waals surface area contributed by atoms with Crippen LogP contribution < -0.4 is 0 Å². The minimum absolute atomic E-state index is 0.303. The van der Waals surface area contributed by atoms with Gasteiger partial charge < -0.3 is 34.7 Å². The van der Waals surface area contributed by atoms with Gasteiger partial charge >= 0.3 is 0 Å². The molecule has 0 aliphatic carbocycles. The summed E-state index contributed by atoms with van der Waals surface area (Å²) in [6.45, 7) is -0.825. The van der Waals surface area contributed by atoms with Gasteiger partial charge in [-0.1, -0.05) is 0 Å². The Balaban J connectivity index is 2.60. The van der Waals surface area contributed by atoms with Crippen LogP contribution in [0.5, 0.6) is 0 Å². The number of carbonyl (C=O) groups excluding carboxylic acids is 1. The van der Waals surface area contributed by atoms with Gasteiger partial charge in [0.2, 0.25) is 0 Å².